The fourth-order valence-electron chi connectivity index (χ4n) is 3.09. The molecule has 0 radical (unpaired) electrons. The number of carboxylic acid groups (broad SMARTS) is 1. The van der Waals surface area contributed by atoms with Crippen LogP contribution in [0.1, 0.15) is 36.2 Å². The molecule has 0 saturated carbocycles. The maximum Gasteiger partial charge on any atom is 0.338 e. The molecule has 7 nitrogen and oxygen atoms in total. The van der Waals surface area contributed by atoms with Gasteiger partial charge in [-0.25, -0.2) is 4.79 Å². The topological polar surface area (TPSA) is 96.9 Å². The summed E-state index contributed by atoms with van der Waals surface area (Å²) in [7, 11) is 1.56. The lowest BCUT2D eigenvalue weighted by molar-refractivity contribution is -0.137. The van der Waals surface area contributed by atoms with Crippen molar-refractivity contribution in [2.45, 2.75) is 37.1 Å². The third-order valence-electron chi connectivity index (χ3n) is 4.33. The quantitative estimate of drug-likeness (QED) is 0.552. The van der Waals surface area contributed by atoms with Crippen LogP contribution in [0, 0.1) is 0 Å². The van der Waals surface area contributed by atoms with Crippen molar-refractivity contribution in [1.82, 2.24) is 0 Å². The number of carboxylic acids is 1. The number of aliphatic carboxylic acids is 1. The highest BCUT2D eigenvalue weighted by molar-refractivity contribution is 8.00. The molecule has 0 atom stereocenters. The van der Waals surface area contributed by atoms with E-state index in [9.17, 15) is 14.7 Å². The fourth-order valence-corrected chi connectivity index (χ4v) is 4.31. The number of thioether (sulfide) groups is 1. The lowest BCUT2D eigenvalue weighted by Gasteiger charge is -2.29. The van der Waals surface area contributed by atoms with Crippen molar-refractivity contribution in [2.24, 2.45) is 0 Å². The SMILES string of the molecule is COc1ccc(C(=O)OC(C)C)cc1CSC1(CC(=O)O)Nc2ccccc2N1. The van der Waals surface area contributed by atoms with Gasteiger partial charge in [-0.05, 0) is 44.2 Å². The van der Waals surface area contributed by atoms with Gasteiger partial charge in [0.05, 0.1) is 36.6 Å². The van der Waals surface area contributed by atoms with Gasteiger partial charge in [-0.1, -0.05) is 12.1 Å². The summed E-state index contributed by atoms with van der Waals surface area (Å²) in [5.41, 5.74) is 2.91. The van der Waals surface area contributed by atoms with Crippen LogP contribution < -0.4 is 15.4 Å². The molecule has 1 heterocycles. The van der Waals surface area contributed by atoms with Gasteiger partial charge in [0.2, 0.25) is 0 Å². The first-order valence-corrected chi connectivity index (χ1v) is 10.2. The molecule has 0 amide bonds. The van der Waals surface area contributed by atoms with Crippen LogP contribution in [0.4, 0.5) is 11.4 Å². The zero-order valence-corrected chi connectivity index (χ0v) is 17.3. The maximum absolute atomic E-state index is 12.3. The average molecular weight is 416 g/mol. The van der Waals surface area contributed by atoms with E-state index in [0.29, 0.717) is 17.1 Å². The van der Waals surface area contributed by atoms with E-state index in [1.165, 1.54) is 11.8 Å². The molecular formula is C21H24N2O5S. The second-order valence-corrected chi connectivity index (χ2v) is 8.24. The maximum atomic E-state index is 12.3. The third kappa shape index (κ3) is 4.95. The molecule has 154 valence electrons. The van der Waals surface area contributed by atoms with Gasteiger partial charge in [0.1, 0.15) is 5.75 Å². The number of benzene rings is 2. The van der Waals surface area contributed by atoms with Gasteiger partial charge in [-0.15, -0.1) is 11.8 Å². The van der Waals surface area contributed by atoms with Gasteiger partial charge in [0.25, 0.3) is 0 Å². The molecule has 0 fully saturated rings. The number of carbonyl (C=O) groups is 2. The van der Waals surface area contributed by atoms with Gasteiger partial charge in [-0.2, -0.15) is 0 Å². The van der Waals surface area contributed by atoms with Gasteiger partial charge in [0.15, 0.2) is 4.99 Å². The first-order valence-electron chi connectivity index (χ1n) is 9.21. The summed E-state index contributed by atoms with van der Waals surface area (Å²) in [5, 5.41) is 16.0. The smallest absolute Gasteiger partial charge is 0.338 e. The summed E-state index contributed by atoms with van der Waals surface area (Å²) in [6.07, 6.45) is -0.351. The summed E-state index contributed by atoms with van der Waals surface area (Å²) < 4.78 is 10.7. The zero-order valence-electron chi connectivity index (χ0n) is 16.5. The standard InChI is InChI=1S/C21H24N2O5S/c1-13(2)28-20(26)14-8-9-18(27-3)15(10-14)12-29-21(11-19(24)25)22-16-6-4-5-7-17(16)23-21/h4-10,13,22-23H,11-12H2,1-3H3,(H,24,25). The molecule has 2 aromatic rings. The van der Waals surface area contributed by atoms with E-state index >= 15 is 0 Å². The molecule has 8 heteroatoms. The lowest BCUT2D eigenvalue weighted by atomic mass is 10.1. The van der Waals surface area contributed by atoms with Gasteiger partial charge < -0.3 is 25.2 Å². The molecular weight excluding hydrogens is 392 g/mol. The Morgan fingerprint density at radius 2 is 1.79 bits per heavy atom. The second-order valence-electron chi connectivity index (χ2n) is 6.96. The number of ether oxygens (including phenoxy) is 2. The van der Waals surface area contributed by atoms with Gasteiger partial charge in [0, 0.05) is 11.3 Å². The number of methoxy groups -OCH3 is 1. The van der Waals surface area contributed by atoms with Crippen LogP contribution in [-0.4, -0.2) is 35.3 Å². The Bertz CT molecular complexity index is 891. The molecule has 0 aliphatic carbocycles. The van der Waals surface area contributed by atoms with Crippen molar-refractivity contribution in [3.8, 4) is 5.75 Å². The van der Waals surface area contributed by atoms with E-state index in [-0.39, 0.29) is 12.5 Å². The zero-order chi connectivity index (χ0) is 21.0. The Balaban J connectivity index is 1.82. The summed E-state index contributed by atoms with van der Waals surface area (Å²) in [4.78, 5) is 22.9. The molecule has 0 aromatic heterocycles. The number of nitrogens with one attached hydrogen (secondary N) is 2. The highest BCUT2D eigenvalue weighted by atomic mass is 32.2. The van der Waals surface area contributed by atoms with E-state index in [2.05, 4.69) is 10.6 Å². The van der Waals surface area contributed by atoms with E-state index in [1.807, 2.05) is 24.3 Å². The number of fused-ring (bicyclic) bond motifs is 1. The van der Waals surface area contributed by atoms with Crippen LogP contribution in [-0.2, 0) is 15.3 Å². The van der Waals surface area contributed by atoms with E-state index < -0.39 is 16.9 Å². The number of rotatable bonds is 8. The molecule has 29 heavy (non-hydrogen) atoms. The summed E-state index contributed by atoms with van der Waals surface area (Å²) in [6.45, 7) is 3.59. The minimum atomic E-state index is -0.925. The first-order chi connectivity index (χ1) is 13.8. The Morgan fingerprint density at radius 3 is 2.34 bits per heavy atom. The minimum Gasteiger partial charge on any atom is -0.496 e. The van der Waals surface area contributed by atoms with Crippen LogP contribution in [0.2, 0.25) is 0 Å². The molecule has 3 N–H and O–H groups in total. The number of hydrogen-bond donors (Lipinski definition) is 3. The third-order valence-corrected chi connectivity index (χ3v) is 5.63. The summed E-state index contributed by atoms with van der Waals surface area (Å²) >= 11 is 1.40. The van der Waals surface area contributed by atoms with Crippen LogP contribution >= 0.6 is 11.8 Å². The number of hydrogen-bond acceptors (Lipinski definition) is 7. The van der Waals surface area contributed by atoms with Crippen molar-refractivity contribution in [1.29, 1.82) is 0 Å². The highest BCUT2D eigenvalue weighted by Gasteiger charge is 2.39. The fraction of sp³-hybridized carbons (Fsp3) is 0.333. The molecule has 0 spiro atoms. The number of esters is 1. The van der Waals surface area contributed by atoms with Crippen LogP contribution in [0.5, 0.6) is 5.75 Å². The van der Waals surface area contributed by atoms with Crippen molar-refractivity contribution in [2.75, 3.05) is 17.7 Å². The normalized spacial score (nSPS) is 13.9. The number of anilines is 2. The summed E-state index contributed by atoms with van der Waals surface area (Å²) in [6, 6.07) is 12.7. The largest absolute Gasteiger partial charge is 0.496 e. The van der Waals surface area contributed by atoms with Crippen LogP contribution in [0.3, 0.4) is 0 Å². The predicted molar refractivity (Wildman–Crippen MR) is 114 cm³/mol. The van der Waals surface area contributed by atoms with Crippen molar-refractivity contribution < 1.29 is 24.2 Å². The molecule has 2 aromatic carbocycles. The van der Waals surface area contributed by atoms with Crippen LogP contribution in [0.25, 0.3) is 0 Å². The monoisotopic (exact) mass is 416 g/mol. The molecule has 3 rings (SSSR count). The predicted octanol–water partition coefficient (Wildman–Crippen LogP) is 4.16. The molecule has 1 aliphatic rings. The van der Waals surface area contributed by atoms with Gasteiger partial charge >= 0.3 is 11.9 Å². The van der Waals surface area contributed by atoms with Gasteiger partial charge in [-0.3, -0.25) is 4.79 Å². The minimum absolute atomic E-state index is 0.135. The lowest BCUT2D eigenvalue weighted by Crippen LogP contribution is -2.40. The number of carbonyl (C=O) groups excluding carboxylic acids is 1. The second kappa shape index (κ2) is 8.65. The highest BCUT2D eigenvalue weighted by Crippen LogP contribution is 2.43. The van der Waals surface area contributed by atoms with E-state index in [1.54, 1.807) is 39.2 Å². The number of para-hydroxylation sites is 2. The Kier molecular flexibility index (Phi) is 6.22. The molecule has 0 unspecified atom stereocenters. The van der Waals surface area contributed by atoms with Crippen molar-refractivity contribution in [3.63, 3.8) is 0 Å². The Labute approximate surface area is 173 Å². The average Bonchev–Trinajstić information content (AvgIpc) is 3.03. The molecule has 0 bridgehead atoms. The molecule has 1 aliphatic heterocycles. The molecule has 0 saturated heterocycles. The van der Waals surface area contributed by atoms with Crippen molar-refractivity contribution >= 4 is 35.1 Å². The Hall–Kier alpha value is -2.87. The first kappa shape index (κ1) is 20.9. The van der Waals surface area contributed by atoms with E-state index in [4.69, 9.17) is 9.47 Å². The van der Waals surface area contributed by atoms with E-state index in [0.717, 1.165) is 16.9 Å². The van der Waals surface area contributed by atoms with Crippen molar-refractivity contribution in [3.05, 3.63) is 53.6 Å². The Morgan fingerprint density at radius 1 is 1.14 bits per heavy atom. The van der Waals surface area contributed by atoms with Crippen LogP contribution in [0.15, 0.2) is 42.5 Å². The summed E-state index contributed by atoms with van der Waals surface area (Å²) in [5.74, 6) is -0.280.